The minimum atomic E-state index is 0.0315. The van der Waals surface area contributed by atoms with Gasteiger partial charge in [-0.3, -0.25) is 4.79 Å². The smallest absolute Gasteiger partial charge is 0.227 e. The molecule has 1 amide bonds. The van der Waals surface area contributed by atoms with E-state index >= 15 is 0 Å². The van der Waals surface area contributed by atoms with Gasteiger partial charge in [0.1, 0.15) is 5.82 Å². The molecule has 0 radical (unpaired) electrons. The van der Waals surface area contributed by atoms with Crippen LogP contribution in [0, 0.1) is 12.8 Å². The molecule has 0 bridgehead atoms. The molecule has 1 aliphatic rings. The third-order valence-electron chi connectivity index (χ3n) is 3.99. The van der Waals surface area contributed by atoms with Gasteiger partial charge in [-0.1, -0.05) is 0 Å². The zero-order valence-corrected chi connectivity index (χ0v) is 13.2. The zero-order valence-electron chi connectivity index (χ0n) is 13.2. The topological polar surface area (TPSA) is 75.4 Å². The molecule has 1 atom stereocenters. The van der Waals surface area contributed by atoms with Crippen LogP contribution in [-0.2, 0) is 4.79 Å². The molecule has 21 heavy (non-hydrogen) atoms. The van der Waals surface area contributed by atoms with Crippen molar-refractivity contribution in [2.24, 2.45) is 5.92 Å². The van der Waals surface area contributed by atoms with E-state index in [2.05, 4.69) is 14.9 Å². The summed E-state index contributed by atoms with van der Waals surface area (Å²) < 4.78 is 0. The normalized spacial score (nSPS) is 18.6. The summed E-state index contributed by atoms with van der Waals surface area (Å²) in [5.74, 6) is 1.40. The highest BCUT2D eigenvalue weighted by molar-refractivity contribution is 5.79. The average Bonchev–Trinajstić information content (AvgIpc) is 2.47. The maximum atomic E-state index is 12.5. The van der Waals surface area contributed by atoms with E-state index in [-0.39, 0.29) is 11.8 Å². The van der Waals surface area contributed by atoms with Gasteiger partial charge in [-0.2, -0.15) is 4.98 Å². The number of rotatable bonds is 4. The lowest BCUT2D eigenvalue weighted by molar-refractivity contribution is -0.135. The molecule has 2 N–H and O–H groups in total. The van der Waals surface area contributed by atoms with E-state index in [1.807, 2.05) is 25.7 Å². The quantitative estimate of drug-likeness (QED) is 0.908. The minimum Gasteiger partial charge on any atom is -0.384 e. The second kappa shape index (κ2) is 6.74. The Hall–Kier alpha value is -1.85. The lowest BCUT2D eigenvalue weighted by atomic mass is 9.96. The number of carbonyl (C=O) groups excluding carboxylic acids is 1. The number of nitrogen functional groups attached to an aromatic ring is 1. The number of aromatic nitrogens is 2. The van der Waals surface area contributed by atoms with E-state index in [1.54, 1.807) is 6.07 Å². The first kappa shape index (κ1) is 15.5. The summed E-state index contributed by atoms with van der Waals surface area (Å²) >= 11 is 0. The Kier molecular flexibility index (Phi) is 4.98. The highest BCUT2D eigenvalue weighted by atomic mass is 16.2. The Balaban J connectivity index is 2.11. The fourth-order valence-electron chi connectivity index (χ4n) is 2.87. The molecule has 0 aromatic carbocycles. The first-order valence-electron chi connectivity index (χ1n) is 7.70. The fourth-order valence-corrected chi connectivity index (χ4v) is 2.87. The largest absolute Gasteiger partial charge is 0.384 e. The molecular weight excluding hydrogens is 266 g/mol. The van der Waals surface area contributed by atoms with Crippen LogP contribution in [0.5, 0.6) is 0 Å². The van der Waals surface area contributed by atoms with Gasteiger partial charge in [0.05, 0.1) is 5.92 Å². The summed E-state index contributed by atoms with van der Waals surface area (Å²) in [6.45, 7) is 9.03. The van der Waals surface area contributed by atoms with Crippen LogP contribution in [0.15, 0.2) is 6.07 Å². The molecular formula is C15H25N5O. The van der Waals surface area contributed by atoms with Crippen LogP contribution in [-0.4, -0.2) is 47.0 Å². The average molecular weight is 291 g/mol. The minimum absolute atomic E-state index is 0.0315. The molecule has 2 heterocycles. The van der Waals surface area contributed by atoms with Gasteiger partial charge in [0.25, 0.3) is 0 Å². The molecule has 0 aliphatic carbocycles. The van der Waals surface area contributed by atoms with Gasteiger partial charge in [-0.05, 0) is 33.6 Å². The SMILES string of the molecule is CCN(CC)C(=O)C1CCCN(c2nc(C)cc(N)n2)C1. The second-order valence-corrected chi connectivity index (χ2v) is 5.53. The Morgan fingerprint density at radius 1 is 1.43 bits per heavy atom. The molecule has 1 fully saturated rings. The first-order chi connectivity index (χ1) is 10.0. The lowest BCUT2D eigenvalue weighted by Crippen LogP contribution is -2.45. The van der Waals surface area contributed by atoms with Crippen molar-refractivity contribution >= 4 is 17.7 Å². The van der Waals surface area contributed by atoms with Crippen molar-refractivity contribution in [1.29, 1.82) is 0 Å². The number of nitrogens with two attached hydrogens (primary N) is 1. The number of nitrogens with zero attached hydrogens (tertiary/aromatic N) is 4. The standard InChI is InChI=1S/C15H25N5O/c1-4-19(5-2)14(21)12-7-6-8-20(10-12)15-17-11(3)9-13(16)18-15/h9,12H,4-8,10H2,1-3H3,(H2,16,17,18). The van der Waals surface area contributed by atoms with E-state index < -0.39 is 0 Å². The maximum Gasteiger partial charge on any atom is 0.227 e. The Morgan fingerprint density at radius 2 is 2.14 bits per heavy atom. The fraction of sp³-hybridized carbons (Fsp3) is 0.667. The summed E-state index contributed by atoms with van der Waals surface area (Å²) in [6.07, 6.45) is 1.92. The Morgan fingerprint density at radius 3 is 2.76 bits per heavy atom. The van der Waals surface area contributed by atoms with E-state index in [0.29, 0.717) is 18.3 Å². The lowest BCUT2D eigenvalue weighted by Gasteiger charge is -2.34. The molecule has 0 spiro atoms. The molecule has 1 saturated heterocycles. The molecule has 2 rings (SSSR count). The monoisotopic (exact) mass is 291 g/mol. The number of hydrogen-bond donors (Lipinski definition) is 1. The maximum absolute atomic E-state index is 12.5. The van der Waals surface area contributed by atoms with Crippen LogP contribution in [0.25, 0.3) is 0 Å². The molecule has 6 nitrogen and oxygen atoms in total. The predicted molar refractivity (Wildman–Crippen MR) is 84.0 cm³/mol. The molecule has 0 saturated carbocycles. The van der Waals surface area contributed by atoms with Crippen LogP contribution in [0.4, 0.5) is 11.8 Å². The van der Waals surface area contributed by atoms with Crippen LogP contribution in [0.3, 0.4) is 0 Å². The van der Waals surface area contributed by atoms with E-state index in [9.17, 15) is 4.79 Å². The van der Waals surface area contributed by atoms with Gasteiger partial charge in [-0.25, -0.2) is 4.98 Å². The third kappa shape index (κ3) is 3.62. The van der Waals surface area contributed by atoms with Crippen LogP contribution in [0.1, 0.15) is 32.4 Å². The zero-order chi connectivity index (χ0) is 15.4. The third-order valence-corrected chi connectivity index (χ3v) is 3.99. The van der Waals surface area contributed by atoms with Crippen LogP contribution in [0.2, 0.25) is 0 Å². The number of anilines is 2. The van der Waals surface area contributed by atoms with Gasteiger partial charge in [0.2, 0.25) is 11.9 Å². The van der Waals surface area contributed by atoms with E-state index in [0.717, 1.165) is 38.2 Å². The van der Waals surface area contributed by atoms with Crippen molar-refractivity contribution in [3.05, 3.63) is 11.8 Å². The number of amides is 1. The predicted octanol–water partition coefficient (Wildman–Crippen LogP) is 1.45. The molecule has 1 aliphatic heterocycles. The highest BCUT2D eigenvalue weighted by Crippen LogP contribution is 2.23. The van der Waals surface area contributed by atoms with Gasteiger partial charge < -0.3 is 15.5 Å². The Labute approximate surface area is 126 Å². The van der Waals surface area contributed by atoms with Gasteiger partial charge in [0.15, 0.2) is 0 Å². The summed E-state index contributed by atoms with van der Waals surface area (Å²) in [7, 11) is 0. The molecule has 116 valence electrons. The van der Waals surface area contributed by atoms with E-state index in [4.69, 9.17) is 5.73 Å². The van der Waals surface area contributed by atoms with Gasteiger partial charge in [-0.15, -0.1) is 0 Å². The van der Waals surface area contributed by atoms with Crippen molar-refractivity contribution in [3.8, 4) is 0 Å². The number of carbonyl (C=O) groups is 1. The van der Waals surface area contributed by atoms with Gasteiger partial charge >= 0.3 is 0 Å². The summed E-state index contributed by atoms with van der Waals surface area (Å²) in [6, 6.07) is 1.76. The number of hydrogen-bond acceptors (Lipinski definition) is 5. The van der Waals surface area contributed by atoms with Crippen molar-refractivity contribution in [2.75, 3.05) is 36.8 Å². The summed E-state index contributed by atoms with van der Waals surface area (Å²) in [5.41, 5.74) is 6.66. The van der Waals surface area contributed by atoms with Crippen molar-refractivity contribution in [3.63, 3.8) is 0 Å². The number of piperidine rings is 1. The molecule has 6 heteroatoms. The second-order valence-electron chi connectivity index (χ2n) is 5.53. The Bertz CT molecular complexity index is 481. The molecule has 1 unspecified atom stereocenters. The van der Waals surface area contributed by atoms with Crippen LogP contribution >= 0.6 is 0 Å². The molecule has 1 aromatic rings. The van der Waals surface area contributed by atoms with Crippen molar-refractivity contribution < 1.29 is 4.79 Å². The van der Waals surface area contributed by atoms with E-state index in [1.165, 1.54) is 0 Å². The van der Waals surface area contributed by atoms with Crippen LogP contribution < -0.4 is 10.6 Å². The van der Waals surface area contributed by atoms with Crippen molar-refractivity contribution in [2.45, 2.75) is 33.6 Å². The first-order valence-corrected chi connectivity index (χ1v) is 7.70. The van der Waals surface area contributed by atoms with Crippen molar-refractivity contribution in [1.82, 2.24) is 14.9 Å². The summed E-state index contributed by atoms with van der Waals surface area (Å²) in [5, 5.41) is 0. The molecule has 1 aromatic heterocycles. The summed E-state index contributed by atoms with van der Waals surface area (Å²) in [4.78, 5) is 25.2. The number of aryl methyl sites for hydroxylation is 1. The van der Waals surface area contributed by atoms with Gasteiger partial charge in [0, 0.05) is 37.9 Å². The highest BCUT2D eigenvalue weighted by Gasteiger charge is 2.29.